The molecular weight excluding hydrogens is 361 g/mol. The average molecular weight is 384 g/mol. The van der Waals surface area contributed by atoms with Crippen LogP contribution in [0.4, 0.5) is 0 Å². The van der Waals surface area contributed by atoms with E-state index >= 15 is 0 Å². The van der Waals surface area contributed by atoms with Crippen LogP contribution in [0.15, 0.2) is 24.3 Å². The summed E-state index contributed by atoms with van der Waals surface area (Å²) in [6.45, 7) is 3.44. The maximum atomic E-state index is 10.4. The van der Waals surface area contributed by atoms with E-state index in [-0.39, 0.29) is 6.42 Å². The molecule has 1 aromatic carbocycles. The fourth-order valence-corrected chi connectivity index (χ4v) is 3.16. The topological polar surface area (TPSA) is 67.2 Å². The van der Waals surface area contributed by atoms with Gasteiger partial charge in [-0.15, -0.1) is 0 Å². The third-order valence-electron chi connectivity index (χ3n) is 4.00. The molecule has 1 heterocycles. The van der Waals surface area contributed by atoms with Crippen LogP contribution < -0.4 is 5.32 Å². The molecule has 0 atom stereocenters. The van der Waals surface area contributed by atoms with Crippen LogP contribution in [0, 0.1) is 6.92 Å². The van der Waals surface area contributed by atoms with Crippen molar-refractivity contribution in [1.82, 2.24) is 15.1 Å². The van der Waals surface area contributed by atoms with Gasteiger partial charge >= 0.3 is 5.97 Å². The lowest BCUT2D eigenvalue weighted by atomic mass is 10.1. The quantitative estimate of drug-likeness (QED) is 0.587. The molecule has 0 aliphatic rings. The normalized spacial score (nSPS) is 11.0. The van der Waals surface area contributed by atoms with Crippen molar-refractivity contribution in [2.24, 2.45) is 0 Å². The molecule has 0 radical (unpaired) electrons. The Hall–Kier alpha value is -1.56. The molecular formula is C18H23Cl2N3O2. The van der Waals surface area contributed by atoms with Crippen LogP contribution in [0.25, 0.3) is 5.69 Å². The highest BCUT2D eigenvalue weighted by Gasteiger charge is 2.15. The van der Waals surface area contributed by atoms with Crippen molar-refractivity contribution < 1.29 is 9.90 Å². The van der Waals surface area contributed by atoms with Crippen molar-refractivity contribution in [3.05, 3.63) is 45.7 Å². The number of aromatic nitrogens is 2. The minimum absolute atomic E-state index is 0.253. The summed E-state index contributed by atoms with van der Waals surface area (Å²) < 4.78 is 1.67. The second-order valence-corrected chi connectivity index (χ2v) is 6.72. The van der Waals surface area contributed by atoms with Gasteiger partial charge in [-0.05, 0) is 38.4 Å². The van der Waals surface area contributed by atoms with Crippen LogP contribution in [-0.2, 0) is 11.3 Å². The van der Waals surface area contributed by atoms with Gasteiger partial charge in [0.15, 0.2) is 0 Å². The van der Waals surface area contributed by atoms with E-state index in [2.05, 4.69) is 10.4 Å². The number of nitrogens with zero attached hydrogens (tertiary/aromatic N) is 2. The smallest absolute Gasteiger partial charge is 0.303 e. The van der Waals surface area contributed by atoms with Crippen LogP contribution in [0.5, 0.6) is 0 Å². The van der Waals surface area contributed by atoms with Crippen molar-refractivity contribution in [3.8, 4) is 5.69 Å². The lowest BCUT2D eigenvalue weighted by Gasteiger charge is -2.07. The van der Waals surface area contributed by atoms with Gasteiger partial charge in [-0.2, -0.15) is 5.10 Å². The van der Waals surface area contributed by atoms with E-state index in [1.807, 2.05) is 31.2 Å². The van der Waals surface area contributed by atoms with Gasteiger partial charge in [-0.25, -0.2) is 4.68 Å². The molecule has 0 fully saturated rings. The summed E-state index contributed by atoms with van der Waals surface area (Å²) in [5, 5.41) is 17.6. The monoisotopic (exact) mass is 383 g/mol. The number of carboxylic acid groups (broad SMARTS) is 1. The Balaban J connectivity index is 1.83. The van der Waals surface area contributed by atoms with E-state index in [4.69, 9.17) is 28.3 Å². The molecule has 136 valence electrons. The molecule has 25 heavy (non-hydrogen) atoms. The van der Waals surface area contributed by atoms with Gasteiger partial charge < -0.3 is 10.4 Å². The number of halogens is 2. The molecule has 0 aliphatic heterocycles. The number of carboxylic acids is 1. The summed E-state index contributed by atoms with van der Waals surface area (Å²) in [4.78, 5) is 10.4. The highest BCUT2D eigenvalue weighted by Crippen LogP contribution is 2.27. The van der Waals surface area contributed by atoms with Crippen LogP contribution >= 0.6 is 23.2 Å². The molecule has 0 saturated heterocycles. The van der Waals surface area contributed by atoms with Crippen LogP contribution in [0.3, 0.4) is 0 Å². The van der Waals surface area contributed by atoms with E-state index < -0.39 is 5.97 Å². The third-order valence-corrected chi connectivity index (χ3v) is 4.71. The van der Waals surface area contributed by atoms with E-state index in [1.165, 1.54) is 0 Å². The fraction of sp³-hybridized carbons (Fsp3) is 0.444. The van der Waals surface area contributed by atoms with Crippen molar-refractivity contribution in [1.29, 1.82) is 0 Å². The average Bonchev–Trinajstić information content (AvgIpc) is 2.85. The van der Waals surface area contributed by atoms with Gasteiger partial charge in [0.2, 0.25) is 0 Å². The molecule has 0 saturated carbocycles. The molecule has 0 amide bonds. The largest absolute Gasteiger partial charge is 0.481 e. The number of carbonyl (C=O) groups is 1. The predicted octanol–water partition coefficient (Wildman–Crippen LogP) is 4.61. The number of aliphatic carboxylic acids is 1. The Labute approximate surface area is 157 Å². The number of hydrogen-bond acceptors (Lipinski definition) is 3. The summed E-state index contributed by atoms with van der Waals surface area (Å²) in [6.07, 6.45) is 3.97. The molecule has 2 N–H and O–H groups in total. The molecule has 2 aromatic rings. The first-order chi connectivity index (χ1) is 12.0. The Bertz CT molecular complexity index is 716. The summed E-state index contributed by atoms with van der Waals surface area (Å²) in [5.74, 6) is -0.723. The first kappa shape index (κ1) is 19.8. The fourth-order valence-electron chi connectivity index (χ4n) is 2.61. The summed E-state index contributed by atoms with van der Waals surface area (Å²) in [7, 11) is 0. The van der Waals surface area contributed by atoms with E-state index in [0.29, 0.717) is 16.7 Å². The van der Waals surface area contributed by atoms with Gasteiger partial charge in [0.1, 0.15) is 5.15 Å². The van der Waals surface area contributed by atoms with Gasteiger partial charge in [0.05, 0.1) is 16.4 Å². The minimum Gasteiger partial charge on any atom is -0.481 e. The first-order valence-electron chi connectivity index (χ1n) is 8.42. The molecule has 0 unspecified atom stereocenters. The highest BCUT2D eigenvalue weighted by molar-refractivity contribution is 6.33. The predicted molar refractivity (Wildman–Crippen MR) is 101 cm³/mol. The number of nitrogens with one attached hydrogen (secondary N) is 1. The zero-order valence-electron chi connectivity index (χ0n) is 14.3. The molecule has 0 spiro atoms. The molecule has 7 heteroatoms. The minimum atomic E-state index is -0.723. The molecule has 2 rings (SSSR count). The second-order valence-electron chi connectivity index (χ2n) is 5.95. The number of unbranched alkanes of at least 4 members (excludes halogenated alkanes) is 3. The Morgan fingerprint density at radius 3 is 2.64 bits per heavy atom. The van der Waals surface area contributed by atoms with Gasteiger partial charge in [-0.1, -0.05) is 48.2 Å². The molecule has 0 bridgehead atoms. The van der Waals surface area contributed by atoms with Crippen molar-refractivity contribution in [2.75, 3.05) is 6.54 Å². The van der Waals surface area contributed by atoms with E-state index in [9.17, 15) is 4.79 Å². The lowest BCUT2D eigenvalue weighted by molar-refractivity contribution is -0.137. The maximum absolute atomic E-state index is 10.4. The summed E-state index contributed by atoms with van der Waals surface area (Å²) >= 11 is 12.7. The number of benzene rings is 1. The second kappa shape index (κ2) is 9.80. The lowest BCUT2D eigenvalue weighted by Crippen LogP contribution is -2.15. The third kappa shape index (κ3) is 5.73. The van der Waals surface area contributed by atoms with Gasteiger partial charge in [0, 0.05) is 18.5 Å². The van der Waals surface area contributed by atoms with Crippen LogP contribution in [0.1, 0.15) is 43.4 Å². The Morgan fingerprint density at radius 2 is 1.92 bits per heavy atom. The zero-order chi connectivity index (χ0) is 18.2. The molecule has 0 aliphatic carbocycles. The van der Waals surface area contributed by atoms with Crippen molar-refractivity contribution in [3.63, 3.8) is 0 Å². The molecule has 1 aromatic heterocycles. The standard InChI is InChI=1S/C18H23Cl2N3O2/c1-13-14(12-21-11-7-3-2-4-10-17(24)25)18(20)23(22-13)16-9-6-5-8-15(16)19/h5-6,8-9,21H,2-4,7,10-12H2,1H3,(H,24,25). The summed E-state index contributed by atoms with van der Waals surface area (Å²) in [6, 6.07) is 7.47. The Morgan fingerprint density at radius 1 is 1.20 bits per heavy atom. The van der Waals surface area contributed by atoms with Gasteiger partial charge in [-0.3, -0.25) is 4.79 Å². The van der Waals surface area contributed by atoms with Gasteiger partial charge in [0.25, 0.3) is 0 Å². The highest BCUT2D eigenvalue weighted by atomic mass is 35.5. The number of hydrogen-bond donors (Lipinski definition) is 2. The number of para-hydroxylation sites is 1. The van der Waals surface area contributed by atoms with Crippen molar-refractivity contribution in [2.45, 2.75) is 45.6 Å². The van der Waals surface area contributed by atoms with E-state index in [1.54, 1.807) is 4.68 Å². The van der Waals surface area contributed by atoms with Crippen LogP contribution in [-0.4, -0.2) is 27.4 Å². The first-order valence-corrected chi connectivity index (χ1v) is 9.17. The van der Waals surface area contributed by atoms with Crippen LogP contribution in [0.2, 0.25) is 10.2 Å². The zero-order valence-corrected chi connectivity index (χ0v) is 15.8. The summed E-state index contributed by atoms with van der Waals surface area (Å²) in [5.41, 5.74) is 2.60. The number of aryl methyl sites for hydroxylation is 1. The van der Waals surface area contributed by atoms with Crippen molar-refractivity contribution >= 4 is 29.2 Å². The maximum Gasteiger partial charge on any atom is 0.303 e. The Kier molecular flexibility index (Phi) is 7.75. The van der Waals surface area contributed by atoms with E-state index in [0.717, 1.165) is 49.2 Å². The molecule has 5 nitrogen and oxygen atoms in total. The number of rotatable bonds is 10. The SMILES string of the molecule is Cc1nn(-c2ccccc2Cl)c(Cl)c1CNCCCCCCC(=O)O.